The van der Waals surface area contributed by atoms with Gasteiger partial charge in [0.15, 0.2) is 0 Å². The molecule has 0 spiro atoms. The molecule has 0 bridgehead atoms. The molecule has 2 aliphatic rings. The highest BCUT2D eigenvalue weighted by Gasteiger charge is 2.35. The average Bonchev–Trinajstić information content (AvgIpc) is 2.94. The molecule has 0 aliphatic heterocycles. The van der Waals surface area contributed by atoms with E-state index in [9.17, 15) is 14.7 Å². The predicted octanol–water partition coefficient (Wildman–Crippen LogP) is 3.00. The van der Waals surface area contributed by atoms with Gasteiger partial charge in [-0.25, -0.2) is 0 Å². The van der Waals surface area contributed by atoms with Gasteiger partial charge in [0.1, 0.15) is 0 Å². The van der Waals surface area contributed by atoms with Crippen molar-refractivity contribution in [1.82, 2.24) is 0 Å². The van der Waals surface area contributed by atoms with Gasteiger partial charge in [0, 0.05) is 5.69 Å². The number of hydrogen-bond donors (Lipinski definition) is 2. The number of carbonyl (C=O) groups excluding carboxylic acids is 1. The van der Waals surface area contributed by atoms with Crippen molar-refractivity contribution in [3.05, 3.63) is 29.3 Å². The minimum Gasteiger partial charge on any atom is -0.481 e. The fourth-order valence-corrected chi connectivity index (χ4v) is 3.62. The number of aliphatic carboxylic acids is 1. The van der Waals surface area contributed by atoms with Gasteiger partial charge in [0.25, 0.3) is 0 Å². The molecule has 0 unspecified atom stereocenters. The maximum atomic E-state index is 12.4. The third-order valence-corrected chi connectivity index (χ3v) is 4.79. The molecule has 4 nitrogen and oxygen atoms in total. The van der Waals surface area contributed by atoms with Crippen LogP contribution >= 0.6 is 0 Å². The number of amides is 1. The summed E-state index contributed by atoms with van der Waals surface area (Å²) in [7, 11) is 0. The fourth-order valence-electron chi connectivity index (χ4n) is 3.62. The molecule has 1 aromatic carbocycles. The lowest BCUT2D eigenvalue weighted by Crippen LogP contribution is -2.36. The summed E-state index contributed by atoms with van der Waals surface area (Å²) in [5.41, 5.74) is 3.48. The van der Waals surface area contributed by atoms with Gasteiger partial charge in [-0.05, 0) is 55.4 Å². The second-order valence-electron chi connectivity index (χ2n) is 6.16. The standard InChI is InChI=1S/C17H21NO3/c19-16(14-6-1-2-7-15(14)17(20)21)18-13-9-8-11-4-3-5-12(11)10-13/h8-10,14-15H,1-7H2,(H,18,19)(H,20,21)/t14-,15+/m1/s1. The molecule has 2 aliphatic carbocycles. The van der Waals surface area contributed by atoms with Crippen LogP contribution in [0.25, 0.3) is 0 Å². The number of nitrogens with one attached hydrogen (secondary N) is 1. The molecule has 1 aromatic rings. The van der Waals surface area contributed by atoms with E-state index < -0.39 is 17.8 Å². The molecule has 0 radical (unpaired) electrons. The zero-order valence-electron chi connectivity index (χ0n) is 12.1. The van der Waals surface area contributed by atoms with Gasteiger partial charge in [0.2, 0.25) is 5.91 Å². The zero-order valence-corrected chi connectivity index (χ0v) is 12.1. The van der Waals surface area contributed by atoms with Crippen LogP contribution in [0.3, 0.4) is 0 Å². The first-order valence-corrected chi connectivity index (χ1v) is 7.80. The van der Waals surface area contributed by atoms with Crippen LogP contribution in [-0.4, -0.2) is 17.0 Å². The van der Waals surface area contributed by atoms with Gasteiger partial charge in [0.05, 0.1) is 11.8 Å². The summed E-state index contributed by atoms with van der Waals surface area (Å²) in [6, 6.07) is 6.05. The number of benzene rings is 1. The summed E-state index contributed by atoms with van der Waals surface area (Å²) in [5.74, 6) is -1.92. The Morgan fingerprint density at radius 1 is 1.00 bits per heavy atom. The van der Waals surface area contributed by atoms with Crippen LogP contribution in [0.1, 0.15) is 43.2 Å². The smallest absolute Gasteiger partial charge is 0.307 e. The molecular weight excluding hydrogens is 266 g/mol. The summed E-state index contributed by atoms with van der Waals surface area (Å²) < 4.78 is 0. The summed E-state index contributed by atoms with van der Waals surface area (Å²) in [6.07, 6.45) is 6.49. The number of fused-ring (bicyclic) bond motifs is 1. The highest BCUT2D eigenvalue weighted by atomic mass is 16.4. The van der Waals surface area contributed by atoms with Crippen molar-refractivity contribution in [3.8, 4) is 0 Å². The quantitative estimate of drug-likeness (QED) is 0.898. The highest BCUT2D eigenvalue weighted by Crippen LogP contribution is 2.32. The number of anilines is 1. The van der Waals surface area contributed by atoms with Crippen molar-refractivity contribution in [3.63, 3.8) is 0 Å². The number of carboxylic acids is 1. The van der Waals surface area contributed by atoms with Crippen molar-refractivity contribution in [2.45, 2.75) is 44.9 Å². The molecule has 1 saturated carbocycles. The Kier molecular flexibility index (Phi) is 3.95. The van der Waals surface area contributed by atoms with Crippen molar-refractivity contribution in [2.24, 2.45) is 11.8 Å². The first-order valence-electron chi connectivity index (χ1n) is 7.80. The summed E-state index contributed by atoms with van der Waals surface area (Å²) >= 11 is 0. The van der Waals surface area contributed by atoms with E-state index in [2.05, 4.69) is 11.4 Å². The van der Waals surface area contributed by atoms with E-state index >= 15 is 0 Å². The van der Waals surface area contributed by atoms with Crippen LogP contribution in [0, 0.1) is 11.8 Å². The van der Waals surface area contributed by atoms with Crippen LogP contribution in [0.15, 0.2) is 18.2 Å². The molecule has 4 heteroatoms. The van der Waals surface area contributed by atoms with Gasteiger partial charge in [-0.15, -0.1) is 0 Å². The van der Waals surface area contributed by atoms with Crippen molar-refractivity contribution in [2.75, 3.05) is 5.32 Å². The lowest BCUT2D eigenvalue weighted by Gasteiger charge is -2.27. The Bertz CT molecular complexity index is 567. The highest BCUT2D eigenvalue weighted by molar-refractivity contribution is 5.95. The largest absolute Gasteiger partial charge is 0.481 e. The minimum absolute atomic E-state index is 0.139. The van der Waals surface area contributed by atoms with Crippen molar-refractivity contribution < 1.29 is 14.7 Å². The number of rotatable bonds is 3. The molecule has 2 atom stereocenters. The topological polar surface area (TPSA) is 66.4 Å². The summed E-state index contributed by atoms with van der Waals surface area (Å²) in [5, 5.41) is 12.2. The van der Waals surface area contributed by atoms with E-state index in [1.807, 2.05) is 12.1 Å². The normalized spacial score (nSPS) is 24.4. The molecule has 0 saturated heterocycles. The molecule has 112 valence electrons. The lowest BCUT2D eigenvalue weighted by molar-refractivity contribution is -0.147. The molecule has 1 fully saturated rings. The number of carboxylic acid groups (broad SMARTS) is 1. The van der Waals surface area contributed by atoms with E-state index in [1.54, 1.807) is 0 Å². The summed E-state index contributed by atoms with van der Waals surface area (Å²) in [6.45, 7) is 0. The molecule has 1 amide bonds. The fraction of sp³-hybridized carbons (Fsp3) is 0.529. The molecule has 0 aromatic heterocycles. The number of aryl methyl sites for hydroxylation is 2. The van der Waals surface area contributed by atoms with Crippen LogP contribution in [-0.2, 0) is 22.4 Å². The molecule has 2 N–H and O–H groups in total. The minimum atomic E-state index is -0.844. The van der Waals surface area contributed by atoms with Crippen molar-refractivity contribution >= 4 is 17.6 Å². The molecule has 21 heavy (non-hydrogen) atoms. The van der Waals surface area contributed by atoms with Gasteiger partial charge < -0.3 is 10.4 Å². The van der Waals surface area contributed by atoms with Gasteiger partial charge in [-0.3, -0.25) is 9.59 Å². The van der Waals surface area contributed by atoms with Crippen molar-refractivity contribution in [1.29, 1.82) is 0 Å². The van der Waals surface area contributed by atoms with Crippen LogP contribution in [0.4, 0.5) is 5.69 Å². The zero-order chi connectivity index (χ0) is 14.8. The molecule has 0 heterocycles. The van der Waals surface area contributed by atoms with E-state index in [0.717, 1.165) is 31.4 Å². The van der Waals surface area contributed by atoms with Gasteiger partial charge >= 0.3 is 5.97 Å². The third-order valence-electron chi connectivity index (χ3n) is 4.79. The Morgan fingerprint density at radius 2 is 1.71 bits per heavy atom. The summed E-state index contributed by atoms with van der Waals surface area (Å²) in [4.78, 5) is 23.7. The van der Waals surface area contributed by atoms with Crippen LogP contribution in [0.5, 0.6) is 0 Å². The Hall–Kier alpha value is -1.84. The van der Waals surface area contributed by atoms with E-state index in [-0.39, 0.29) is 5.91 Å². The van der Waals surface area contributed by atoms with Crippen LogP contribution < -0.4 is 5.32 Å². The number of carbonyl (C=O) groups is 2. The van der Waals surface area contributed by atoms with Gasteiger partial charge in [-0.2, -0.15) is 0 Å². The second kappa shape index (κ2) is 5.88. The number of hydrogen-bond acceptors (Lipinski definition) is 2. The van der Waals surface area contributed by atoms with E-state index in [0.29, 0.717) is 12.8 Å². The van der Waals surface area contributed by atoms with Crippen LogP contribution in [0.2, 0.25) is 0 Å². The predicted molar refractivity (Wildman–Crippen MR) is 80.2 cm³/mol. The third kappa shape index (κ3) is 2.94. The second-order valence-corrected chi connectivity index (χ2v) is 6.16. The molecule has 3 rings (SSSR count). The van der Waals surface area contributed by atoms with E-state index in [4.69, 9.17) is 0 Å². The Morgan fingerprint density at radius 3 is 2.48 bits per heavy atom. The maximum Gasteiger partial charge on any atom is 0.307 e. The molecular formula is C17H21NO3. The average molecular weight is 287 g/mol. The van der Waals surface area contributed by atoms with E-state index in [1.165, 1.54) is 17.5 Å². The van der Waals surface area contributed by atoms with Gasteiger partial charge in [-0.1, -0.05) is 18.9 Å². The Labute approximate surface area is 124 Å². The first-order chi connectivity index (χ1) is 10.1. The first kappa shape index (κ1) is 14.1. The SMILES string of the molecule is O=C(O)[C@H]1CCCC[C@H]1C(=O)Nc1ccc2c(c1)CCC2. The monoisotopic (exact) mass is 287 g/mol. The Balaban J connectivity index is 1.71. The maximum absolute atomic E-state index is 12.4. The lowest BCUT2D eigenvalue weighted by atomic mass is 9.78.